The molecule has 0 N–H and O–H groups in total. The number of carbonyl (C=O) groups is 1. The summed E-state index contributed by atoms with van der Waals surface area (Å²) in [6.45, 7) is 12.6. The molecule has 35 heavy (non-hydrogen) atoms. The molecule has 2 aromatic carbocycles. The summed E-state index contributed by atoms with van der Waals surface area (Å²) in [5, 5.41) is -0.00126. The summed E-state index contributed by atoms with van der Waals surface area (Å²) in [6.07, 6.45) is 0.888. The molecule has 0 saturated heterocycles. The molecule has 1 heterocycles. The first-order valence-corrected chi connectivity index (χ1v) is 14.4. The molecule has 1 aliphatic heterocycles. The Morgan fingerprint density at radius 3 is 2.03 bits per heavy atom. The van der Waals surface area contributed by atoms with Crippen LogP contribution in [0.4, 0.5) is 0 Å². The van der Waals surface area contributed by atoms with E-state index in [9.17, 15) is 4.79 Å². The van der Waals surface area contributed by atoms with Crippen molar-refractivity contribution in [1.29, 1.82) is 0 Å². The number of methoxy groups -OCH3 is 4. The molecule has 0 radical (unpaired) electrons. The molecule has 3 rings (SSSR count). The van der Waals surface area contributed by atoms with Gasteiger partial charge in [-0.3, -0.25) is 4.79 Å². The first-order chi connectivity index (χ1) is 16.4. The van der Waals surface area contributed by atoms with Gasteiger partial charge in [-0.15, -0.1) is 0 Å². The zero-order valence-corrected chi connectivity index (χ0v) is 23.3. The number of hydrogen-bond donors (Lipinski definition) is 0. The van der Waals surface area contributed by atoms with Gasteiger partial charge < -0.3 is 28.1 Å². The number of ether oxygens (including phenoxy) is 5. The molecule has 1 unspecified atom stereocenters. The van der Waals surface area contributed by atoms with Crippen molar-refractivity contribution in [3.8, 4) is 34.5 Å². The average Bonchev–Trinajstić information content (AvgIpc) is 2.92. The third-order valence-corrected chi connectivity index (χ3v) is 11.0. The predicted molar refractivity (Wildman–Crippen MR) is 139 cm³/mol. The fourth-order valence-electron chi connectivity index (χ4n) is 3.61. The van der Waals surface area contributed by atoms with Crippen LogP contribution >= 0.6 is 0 Å². The smallest absolute Gasteiger partial charge is 0.250 e. The van der Waals surface area contributed by atoms with E-state index in [2.05, 4.69) is 33.9 Å². The summed E-state index contributed by atoms with van der Waals surface area (Å²) in [5.41, 5.74) is 2.10. The number of fused-ring (bicyclic) bond motifs is 1. The number of benzene rings is 2. The minimum absolute atomic E-state index is 0.00126. The molecule has 1 aliphatic rings. The van der Waals surface area contributed by atoms with Crippen LogP contribution in [0.1, 0.15) is 38.8 Å². The average molecular weight is 501 g/mol. The lowest BCUT2D eigenvalue weighted by Crippen LogP contribution is -2.43. The monoisotopic (exact) mass is 500 g/mol. The van der Waals surface area contributed by atoms with Crippen LogP contribution in [0.25, 0.3) is 5.57 Å². The van der Waals surface area contributed by atoms with E-state index in [0.717, 1.165) is 5.56 Å². The van der Waals surface area contributed by atoms with Crippen molar-refractivity contribution in [2.45, 2.75) is 51.9 Å². The predicted octanol–water partition coefficient (Wildman–Crippen LogP) is 5.89. The second-order valence-electron chi connectivity index (χ2n) is 9.97. The maximum Gasteiger partial charge on any atom is 0.250 e. The van der Waals surface area contributed by atoms with Crippen molar-refractivity contribution in [3.05, 3.63) is 41.5 Å². The Bertz CT molecular complexity index is 1150. The second kappa shape index (κ2) is 9.85. The van der Waals surface area contributed by atoms with Crippen LogP contribution in [0, 0.1) is 0 Å². The van der Waals surface area contributed by atoms with Crippen LogP contribution < -0.4 is 28.1 Å². The molecule has 0 aromatic heterocycles. The van der Waals surface area contributed by atoms with Crippen LogP contribution in [0.2, 0.25) is 18.1 Å². The molecule has 190 valence electrons. The molecule has 0 amide bonds. The molecule has 0 spiro atoms. The molecule has 0 fully saturated rings. The fourth-order valence-corrected chi connectivity index (χ4v) is 4.63. The van der Waals surface area contributed by atoms with Crippen LogP contribution in [0.5, 0.6) is 34.5 Å². The summed E-state index contributed by atoms with van der Waals surface area (Å²) >= 11 is 0. The van der Waals surface area contributed by atoms with Crippen molar-refractivity contribution in [1.82, 2.24) is 0 Å². The lowest BCUT2D eigenvalue weighted by molar-refractivity contribution is -0.120. The lowest BCUT2D eigenvalue weighted by Gasteiger charge is -2.37. The molecular weight excluding hydrogens is 464 g/mol. The highest BCUT2D eigenvalue weighted by Gasteiger charge is 2.40. The Hall–Kier alpha value is -3.13. The third-order valence-electron chi connectivity index (χ3n) is 6.70. The van der Waals surface area contributed by atoms with Gasteiger partial charge in [0.05, 0.1) is 28.4 Å². The van der Waals surface area contributed by atoms with E-state index in [1.54, 1.807) is 33.3 Å². The highest BCUT2D eigenvalue weighted by Crippen LogP contribution is 2.51. The summed E-state index contributed by atoms with van der Waals surface area (Å²) in [7, 11) is 4.07. The zero-order valence-electron chi connectivity index (χ0n) is 22.3. The third kappa shape index (κ3) is 4.98. The number of ketones is 1. The van der Waals surface area contributed by atoms with E-state index in [0.29, 0.717) is 45.6 Å². The second-order valence-corrected chi connectivity index (χ2v) is 14.7. The highest BCUT2D eigenvalue weighted by molar-refractivity contribution is 6.74. The SMILES string of the molecule is COc1ccc(C2=CC(=O)C(C)Oc3c2cc(OC)c(OC)c3OC)cc1O[Si](C)(C)C(C)(C)C. The Morgan fingerprint density at radius 1 is 0.857 bits per heavy atom. The summed E-state index contributed by atoms with van der Waals surface area (Å²) < 4.78 is 35.1. The van der Waals surface area contributed by atoms with E-state index in [-0.39, 0.29) is 10.8 Å². The Morgan fingerprint density at radius 2 is 1.49 bits per heavy atom. The van der Waals surface area contributed by atoms with Gasteiger partial charge in [0.2, 0.25) is 11.5 Å². The largest absolute Gasteiger partial charge is 0.541 e. The summed E-state index contributed by atoms with van der Waals surface area (Å²) in [4.78, 5) is 13.0. The van der Waals surface area contributed by atoms with Crippen molar-refractivity contribution in [2.24, 2.45) is 0 Å². The number of carbonyl (C=O) groups excluding carboxylic acids is 1. The Balaban J connectivity index is 2.27. The van der Waals surface area contributed by atoms with Crippen LogP contribution in [0.15, 0.2) is 30.3 Å². The normalized spacial score (nSPS) is 15.9. The van der Waals surface area contributed by atoms with Gasteiger partial charge in [0.15, 0.2) is 29.1 Å². The van der Waals surface area contributed by atoms with Gasteiger partial charge in [-0.25, -0.2) is 0 Å². The Labute approximate surface area is 209 Å². The van der Waals surface area contributed by atoms with Crippen molar-refractivity contribution >= 4 is 19.7 Å². The standard InChI is InChI=1S/C27H36O7Si/c1-16-20(28)14-18(19-15-23(30-6)25(31-7)26(32-8)24(19)33-16)17-11-12-21(29-5)22(13-17)34-35(9,10)27(2,3)4/h11-16H,1-10H3. The lowest BCUT2D eigenvalue weighted by atomic mass is 9.95. The van der Waals surface area contributed by atoms with E-state index in [1.165, 1.54) is 14.2 Å². The minimum atomic E-state index is -2.16. The van der Waals surface area contributed by atoms with E-state index < -0.39 is 14.4 Å². The maximum absolute atomic E-state index is 13.0. The fraction of sp³-hybridized carbons (Fsp3) is 0.444. The number of rotatable bonds is 7. The van der Waals surface area contributed by atoms with Gasteiger partial charge in [0, 0.05) is 5.56 Å². The maximum atomic E-state index is 13.0. The quantitative estimate of drug-likeness (QED) is 0.439. The molecular formula is C27H36O7Si. The van der Waals surface area contributed by atoms with Gasteiger partial charge >= 0.3 is 0 Å². The molecule has 7 nitrogen and oxygen atoms in total. The Kier molecular flexibility index (Phi) is 7.45. The van der Waals surface area contributed by atoms with Crippen molar-refractivity contribution in [3.63, 3.8) is 0 Å². The molecule has 0 aliphatic carbocycles. The zero-order chi connectivity index (χ0) is 26.1. The van der Waals surface area contributed by atoms with Crippen LogP contribution in [-0.4, -0.2) is 48.6 Å². The van der Waals surface area contributed by atoms with Gasteiger partial charge in [-0.05, 0) is 60.5 Å². The van der Waals surface area contributed by atoms with Gasteiger partial charge in [0.1, 0.15) is 5.75 Å². The van der Waals surface area contributed by atoms with Gasteiger partial charge in [0.25, 0.3) is 8.32 Å². The van der Waals surface area contributed by atoms with Gasteiger partial charge in [-0.2, -0.15) is 0 Å². The molecule has 0 saturated carbocycles. The van der Waals surface area contributed by atoms with Crippen LogP contribution in [-0.2, 0) is 4.79 Å². The minimum Gasteiger partial charge on any atom is -0.541 e. The first-order valence-electron chi connectivity index (χ1n) is 11.5. The topological polar surface area (TPSA) is 72.5 Å². The van der Waals surface area contributed by atoms with E-state index in [1.807, 2.05) is 18.2 Å². The molecule has 1 atom stereocenters. The first kappa shape index (κ1) is 26.5. The van der Waals surface area contributed by atoms with Gasteiger partial charge in [-0.1, -0.05) is 26.8 Å². The summed E-state index contributed by atoms with van der Waals surface area (Å²) in [6, 6.07) is 7.48. The van der Waals surface area contributed by atoms with Crippen LogP contribution in [0.3, 0.4) is 0 Å². The molecule has 2 aromatic rings. The molecule has 8 heteroatoms. The molecule has 0 bridgehead atoms. The summed E-state index contributed by atoms with van der Waals surface area (Å²) in [5.74, 6) is 2.74. The van der Waals surface area contributed by atoms with Crippen molar-refractivity contribution in [2.75, 3.05) is 28.4 Å². The van der Waals surface area contributed by atoms with E-state index >= 15 is 0 Å². The number of hydrogen-bond acceptors (Lipinski definition) is 7. The van der Waals surface area contributed by atoms with E-state index in [4.69, 9.17) is 28.1 Å². The highest BCUT2D eigenvalue weighted by atomic mass is 28.4. The van der Waals surface area contributed by atoms with Crippen molar-refractivity contribution < 1.29 is 32.9 Å².